The molecule has 0 heterocycles. The molecule has 3 heteroatoms. The molecule has 1 aromatic carbocycles. The van der Waals surface area contributed by atoms with Gasteiger partial charge in [-0.1, -0.05) is 35.9 Å². The highest BCUT2D eigenvalue weighted by molar-refractivity contribution is 6.30. The van der Waals surface area contributed by atoms with Gasteiger partial charge in [0.25, 0.3) is 0 Å². The molecule has 3 atom stereocenters. The Bertz CT molecular complexity index is 772. The SMILES string of the molecule is O=C1CC(c2ccc(Cl)cc2)C(C(=O)C2=CCCCC2)C2CCCC=C12. The van der Waals surface area contributed by atoms with E-state index in [9.17, 15) is 9.59 Å². The van der Waals surface area contributed by atoms with Crippen LogP contribution in [0.4, 0.5) is 0 Å². The van der Waals surface area contributed by atoms with Crippen molar-refractivity contribution in [1.29, 1.82) is 0 Å². The van der Waals surface area contributed by atoms with Gasteiger partial charge in [-0.3, -0.25) is 9.59 Å². The number of fused-ring (bicyclic) bond motifs is 1. The normalized spacial score (nSPS) is 28.8. The summed E-state index contributed by atoms with van der Waals surface area (Å²) in [6.07, 6.45) is 11.8. The summed E-state index contributed by atoms with van der Waals surface area (Å²) >= 11 is 6.06. The molecule has 26 heavy (non-hydrogen) atoms. The van der Waals surface area contributed by atoms with Crippen LogP contribution in [0.25, 0.3) is 0 Å². The smallest absolute Gasteiger partial charge is 0.162 e. The summed E-state index contributed by atoms with van der Waals surface area (Å²) in [6.45, 7) is 0. The van der Waals surface area contributed by atoms with Crippen LogP contribution in [-0.4, -0.2) is 11.6 Å². The first-order valence-corrected chi connectivity index (χ1v) is 10.2. The molecule has 0 bridgehead atoms. The predicted molar refractivity (Wildman–Crippen MR) is 104 cm³/mol. The van der Waals surface area contributed by atoms with E-state index in [4.69, 9.17) is 11.6 Å². The molecule has 0 aromatic heterocycles. The minimum atomic E-state index is -0.107. The Kier molecular flexibility index (Phi) is 5.13. The summed E-state index contributed by atoms with van der Waals surface area (Å²) in [5.74, 6) is 0.465. The number of benzene rings is 1. The molecule has 4 rings (SSSR count). The molecule has 1 aromatic rings. The lowest BCUT2D eigenvalue weighted by Crippen LogP contribution is -2.40. The number of halogens is 1. The standard InChI is InChI=1S/C23H25ClO2/c24-17-12-10-15(11-13-17)20-14-21(25)18-8-4-5-9-19(18)22(20)23(26)16-6-2-1-3-7-16/h6,8,10-13,19-20,22H,1-5,7,9,14H2. The molecule has 0 N–H and O–H groups in total. The molecule has 0 radical (unpaired) electrons. The van der Waals surface area contributed by atoms with Crippen LogP contribution in [0.5, 0.6) is 0 Å². The fourth-order valence-corrected chi connectivity index (χ4v) is 5.12. The number of rotatable bonds is 3. The van der Waals surface area contributed by atoms with Gasteiger partial charge in [-0.15, -0.1) is 0 Å². The maximum Gasteiger partial charge on any atom is 0.162 e. The molecule has 1 fully saturated rings. The molecule has 136 valence electrons. The van der Waals surface area contributed by atoms with Gasteiger partial charge in [0.15, 0.2) is 11.6 Å². The quantitative estimate of drug-likeness (QED) is 0.674. The Balaban J connectivity index is 1.74. The summed E-state index contributed by atoms with van der Waals surface area (Å²) in [5, 5.41) is 0.687. The Morgan fingerprint density at radius 2 is 1.73 bits per heavy atom. The number of allylic oxidation sites excluding steroid dienone is 4. The second-order valence-corrected chi connectivity index (χ2v) is 8.28. The molecule has 1 saturated carbocycles. The number of ketones is 2. The van der Waals surface area contributed by atoms with Gasteiger partial charge in [-0.25, -0.2) is 0 Å². The van der Waals surface area contributed by atoms with Gasteiger partial charge >= 0.3 is 0 Å². The van der Waals surface area contributed by atoms with E-state index in [0.29, 0.717) is 11.4 Å². The largest absolute Gasteiger partial charge is 0.295 e. The lowest BCUT2D eigenvalue weighted by atomic mass is 9.61. The van der Waals surface area contributed by atoms with Gasteiger partial charge in [0.1, 0.15) is 0 Å². The van der Waals surface area contributed by atoms with Gasteiger partial charge in [0.05, 0.1) is 0 Å². The molecule has 0 saturated heterocycles. The van der Waals surface area contributed by atoms with E-state index in [1.807, 2.05) is 24.3 Å². The van der Waals surface area contributed by atoms with E-state index in [1.165, 1.54) is 6.42 Å². The van der Waals surface area contributed by atoms with E-state index < -0.39 is 0 Å². The van der Waals surface area contributed by atoms with E-state index in [2.05, 4.69) is 12.2 Å². The topological polar surface area (TPSA) is 34.1 Å². The van der Waals surface area contributed by atoms with Gasteiger partial charge in [0, 0.05) is 23.3 Å². The van der Waals surface area contributed by atoms with Crippen LogP contribution in [0, 0.1) is 11.8 Å². The first kappa shape index (κ1) is 17.7. The predicted octanol–water partition coefficient (Wildman–Crippen LogP) is 5.81. The molecular weight excluding hydrogens is 344 g/mol. The lowest BCUT2D eigenvalue weighted by Gasteiger charge is -2.41. The van der Waals surface area contributed by atoms with Crippen LogP contribution in [0.1, 0.15) is 62.8 Å². The van der Waals surface area contributed by atoms with Gasteiger partial charge in [-0.2, -0.15) is 0 Å². The third kappa shape index (κ3) is 3.32. The van der Waals surface area contributed by atoms with Crippen molar-refractivity contribution in [3.8, 4) is 0 Å². The van der Waals surface area contributed by atoms with Gasteiger partial charge in [0.2, 0.25) is 0 Å². The summed E-state index contributed by atoms with van der Waals surface area (Å²) < 4.78 is 0. The van der Waals surface area contributed by atoms with Crippen molar-refractivity contribution in [2.45, 2.75) is 57.3 Å². The van der Waals surface area contributed by atoms with Crippen molar-refractivity contribution in [3.05, 3.63) is 58.1 Å². The van der Waals surface area contributed by atoms with E-state index >= 15 is 0 Å². The molecule has 0 amide bonds. The second kappa shape index (κ2) is 7.52. The van der Waals surface area contributed by atoms with Crippen LogP contribution in [0.15, 0.2) is 47.6 Å². The Hall–Kier alpha value is -1.67. The van der Waals surface area contributed by atoms with Crippen LogP contribution in [0.3, 0.4) is 0 Å². The Morgan fingerprint density at radius 3 is 2.46 bits per heavy atom. The molecule has 3 aliphatic rings. The highest BCUT2D eigenvalue weighted by Gasteiger charge is 2.45. The van der Waals surface area contributed by atoms with Crippen LogP contribution in [0.2, 0.25) is 5.02 Å². The summed E-state index contributed by atoms with van der Waals surface area (Å²) in [7, 11) is 0. The zero-order chi connectivity index (χ0) is 18.1. The highest BCUT2D eigenvalue weighted by Crippen LogP contribution is 2.48. The fourth-order valence-electron chi connectivity index (χ4n) is 5.00. The second-order valence-electron chi connectivity index (χ2n) is 7.85. The highest BCUT2D eigenvalue weighted by atomic mass is 35.5. The Morgan fingerprint density at radius 1 is 0.962 bits per heavy atom. The zero-order valence-electron chi connectivity index (χ0n) is 15.0. The zero-order valence-corrected chi connectivity index (χ0v) is 15.8. The minimum Gasteiger partial charge on any atom is -0.295 e. The summed E-state index contributed by atoms with van der Waals surface area (Å²) in [6, 6.07) is 7.73. The van der Waals surface area contributed by atoms with Crippen molar-refractivity contribution in [3.63, 3.8) is 0 Å². The molecule has 0 spiro atoms. The maximum absolute atomic E-state index is 13.5. The average Bonchev–Trinajstić information content (AvgIpc) is 2.69. The van der Waals surface area contributed by atoms with Gasteiger partial charge in [-0.05, 0) is 79.7 Å². The maximum atomic E-state index is 13.5. The first-order valence-electron chi connectivity index (χ1n) is 9.87. The van der Waals surface area contributed by atoms with Crippen LogP contribution >= 0.6 is 11.6 Å². The Labute approximate surface area is 160 Å². The first-order chi connectivity index (χ1) is 12.6. The molecule has 0 aliphatic heterocycles. The average molecular weight is 369 g/mol. The lowest BCUT2D eigenvalue weighted by molar-refractivity contribution is -0.125. The number of carbonyl (C=O) groups excluding carboxylic acids is 2. The number of hydrogen-bond acceptors (Lipinski definition) is 2. The minimum absolute atomic E-state index is 0.0321. The fraction of sp³-hybridized carbons (Fsp3) is 0.478. The van der Waals surface area contributed by atoms with Crippen LogP contribution in [-0.2, 0) is 9.59 Å². The van der Waals surface area contributed by atoms with E-state index in [-0.39, 0.29) is 29.3 Å². The number of hydrogen-bond donors (Lipinski definition) is 0. The van der Waals surface area contributed by atoms with Crippen LogP contribution < -0.4 is 0 Å². The third-order valence-electron chi connectivity index (χ3n) is 6.29. The third-order valence-corrected chi connectivity index (χ3v) is 6.54. The molecular formula is C23H25ClO2. The van der Waals surface area contributed by atoms with Crippen molar-refractivity contribution in [1.82, 2.24) is 0 Å². The van der Waals surface area contributed by atoms with Crippen molar-refractivity contribution in [2.75, 3.05) is 0 Å². The van der Waals surface area contributed by atoms with E-state index in [1.54, 1.807) is 0 Å². The number of carbonyl (C=O) groups is 2. The van der Waals surface area contributed by atoms with E-state index in [0.717, 1.165) is 55.2 Å². The molecule has 3 aliphatic carbocycles. The van der Waals surface area contributed by atoms with Crippen molar-refractivity contribution in [2.24, 2.45) is 11.8 Å². The van der Waals surface area contributed by atoms with Gasteiger partial charge < -0.3 is 0 Å². The number of Topliss-reactive ketones (excluding diaryl/α,β-unsaturated/α-hetero) is 2. The molecule has 3 unspecified atom stereocenters. The summed E-state index contributed by atoms with van der Waals surface area (Å²) in [4.78, 5) is 26.3. The molecule has 2 nitrogen and oxygen atoms in total. The van der Waals surface area contributed by atoms with Crippen molar-refractivity contribution < 1.29 is 9.59 Å². The summed E-state index contributed by atoms with van der Waals surface area (Å²) in [5.41, 5.74) is 3.00. The monoisotopic (exact) mass is 368 g/mol. The van der Waals surface area contributed by atoms with Crippen molar-refractivity contribution >= 4 is 23.2 Å².